The number of benzene rings is 2. The summed E-state index contributed by atoms with van der Waals surface area (Å²) in [5.41, 5.74) is 6.17. The molecule has 1 saturated heterocycles. The fraction of sp³-hybridized carbons (Fsp3) is 0.576. The van der Waals surface area contributed by atoms with Crippen molar-refractivity contribution in [1.82, 2.24) is 5.32 Å². The van der Waals surface area contributed by atoms with Gasteiger partial charge in [0.15, 0.2) is 0 Å². The first-order chi connectivity index (χ1) is 20.5. The van der Waals surface area contributed by atoms with Crippen LogP contribution < -0.4 is 15.8 Å². The van der Waals surface area contributed by atoms with Crippen LogP contribution in [0.25, 0.3) is 0 Å². The minimum absolute atomic E-state index is 0.0253. The maximum absolute atomic E-state index is 14.9. The molecule has 0 aromatic heterocycles. The Balaban J connectivity index is 1.45. The third-order valence-electron chi connectivity index (χ3n) is 9.95. The predicted octanol–water partition coefficient (Wildman–Crippen LogP) is 4.80. The van der Waals surface area contributed by atoms with Crippen LogP contribution >= 0.6 is 0 Å². The van der Waals surface area contributed by atoms with Gasteiger partial charge in [-0.3, -0.25) is 4.79 Å². The summed E-state index contributed by atoms with van der Waals surface area (Å²) < 4.78 is 38.8. The largest absolute Gasteiger partial charge is 0.507 e. The van der Waals surface area contributed by atoms with Crippen LogP contribution in [0.2, 0.25) is 0 Å². The Morgan fingerprint density at radius 2 is 1.91 bits per heavy atom. The molecule has 44 heavy (non-hydrogen) atoms. The van der Waals surface area contributed by atoms with Gasteiger partial charge in [-0.2, -0.15) is 0 Å². The van der Waals surface area contributed by atoms with Crippen LogP contribution in [0.1, 0.15) is 87.5 Å². The third-order valence-corrected chi connectivity index (χ3v) is 9.95. The van der Waals surface area contributed by atoms with Gasteiger partial charge in [-0.05, 0) is 100.0 Å². The lowest BCUT2D eigenvalue weighted by Gasteiger charge is -2.64. The lowest BCUT2D eigenvalue weighted by atomic mass is 9.43. The van der Waals surface area contributed by atoms with Gasteiger partial charge in [0.1, 0.15) is 34.5 Å². The van der Waals surface area contributed by atoms with E-state index in [0.29, 0.717) is 17.2 Å². The van der Waals surface area contributed by atoms with E-state index in [-0.39, 0.29) is 29.4 Å². The Hall–Kier alpha value is -3.15. The molecule has 3 aliphatic carbocycles. The SMILES string of the molecule is COc1cc(C(N)C(=O)NC(Cc2ccc(F)c(C(=O)OC(C)(C)C)c2O)B2OC3CC4CC(C4(C)C)[C@]3(C)O2)ccc1C. The maximum atomic E-state index is 14.9. The number of phenolic OH excluding ortho intramolecular Hbond substituents is 1. The molecule has 238 valence electrons. The van der Waals surface area contributed by atoms with Gasteiger partial charge in [-0.15, -0.1) is 0 Å². The monoisotopic (exact) mass is 610 g/mol. The van der Waals surface area contributed by atoms with Crippen molar-refractivity contribution in [2.24, 2.45) is 23.0 Å². The summed E-state index contributed by atoms with van der Waals surface area (Å²) in [5, 5.41) is 14.1. The standard InChI is InChI=1S/C33H44BFN2O7/c1-17-9-10-18(13-22(17)41-8)27(36)29(39)37-25(34-43-24-16-20-15-23(32(20,5)6)33(24,7)44-34)14-19-11-12-21(35)26(28(19)38)30(40)42-31(2,3)4/h9-13,20,23-25,27,38H,14-16,36H2,1-8H3,(H,37,39)/t20?,23?,24?,25?,27?,33-/m0/s1. The molecule has 3 saturated carbocycles. The van der Waals surface area contributed by atoms with Gasteiger partial charge in [0, 0.05) is 0 Å². The van der Waals surface area contributed by atoms with Gasteiger partial charge in [0.2, 0.25) is 5.91 Å². The highest BCUT2D eigenvalue weighted by molar-refractivity contribution is 6.48. The molecule has 4 aliphatic rings. The van der Waals surface area contributed by atoms with Crippen molar-refractivity contribution in [2.75, 3.05) is 7.11 Å². The van der Waals surface area contributed by atoms with Crippen LogP contribution in [-0.2, 0) is 25.3 Å². The van der Waals surface area contributed by atoms with Crippen molar-refractivity contribution in [3.8, 4) is 11.5 Å². The Kier molecular flexibility index (Phi) is 8.31. The Bertz CT molecular complexity index is 1460. The number of phenols is 1. The van der Waals surface area contributed by atoms with Crippen LogP contribution in [-0.4, -0.2) is 54.5 Å². The molecule has 1 aliphatic heterocycles. The molecular weight excluding hydrogens is 566 g/mol. The molecule has 6 atom stereocenters. The molecule has 5 unspecified atom stereocenters. The lowest BCUT2D eigenvalue weighted by molar-refractivity contribution is -0.199. The summed E-state index contributed by atoms with van der Waals surface area (Å²) in [7, 11) is 0.674. The van der Waals surface area contributed by atoms with E-state index < -0.39 is 59.3 Å². The first kappa shape index (κ1) is 32.3. The average molecular weight is 611 g/mol. The normalized spacial score (nSPS) is 26.7. The molecule has 6 rings (SSSR count). The van der Waals surface area contributed by atoms with E-state index in [2.05, 4.69) is 26.1 Å². The molecule has 0 spiro atoms. The number of hydrogen-bond acceptors (Lipinski definition) is 8. The second kappa shape index (κ2) is 11.3. The number of nitrogens with one attached hydrogen (secondary N) is 1. The number of amides is 1. The maximum Gasteiger partial charge on any atom is 0.482 e. The van der Waals surface area contributed by atoms with Crippen LogP contribution in [0.4, 0.5) is 4.39 Å². The van der Waals surface area contributed by atoms with E-state index in [1.54, 1.807) is 40.0 Å². The summed E-state index contributed by atoms with van der Waals surface area (Å²) >= 11 is 0. The van der Waals surface area contributed by atoms with Crippen LogP contribution in [0.3, 0.4) is 0 Å². The molecule has 4 fully saturated rings. The number of hydrogen-bond donors (Lipinski definition) is 3. The molecule has 9 nitrogen and oxygen atoms in total. The molecule has 1 amide bonds. The van der Waals surface area contributed by atoms with Gasteiger partial charge in [-0.1, -0.05) is 32.0 Å². The Morgan fingerprint density at radius 3 is 2.55 bits per heavy atom. The number of rotatable bonds is 8. The van der Waals surface area contributed by atoms with Crippen molar-refractivity contribution >= 4 is 19.0 Å². The van der Waals surface area contributed by atoms with Crippen molar-refractivity contribution in [3.63, 3.8) is 0 Å². The van der Waals surface area contributed by atoms with E-state index in [9.17, 15) is 19.1 Å². The van der Waals surface area contributed by atoms with E-state index >= 15 is 0 Å². The van der Waals surface area contributed by atoms with Gasteiger partial charge in [0.25, 0.3) is 0 Å². The van der Waals surface area contributed by atoms with Crippen LogP contribution in [0.15, 0.2) is 30.3 Å². The van der Waals surface area contributed by atoms with Gasteiger partial charge in [0.05, 0.1) is 24.8 Å². The molecule has 11 heteroatoms. The Labute approximate surface area is 259 Å². The minimum Gasteiger partial charge on any atom is -0.507 e. The highest BCUT2D eigenvalue weighted by Crippen LogP contribution is 2.65. The first-order valence-corrected chi connectivity index (χ1v) is 15.2. The summed E-state index contributed by atoms with van der Waals surface area (Å²) in [4.78, 5) is 26.5. The zero-order chi connectivity index (χ0) is 32.4. The second-order valence-corrected chi connectivity index (χ2v) is 14.3. The molecule has 1 heterocycles. The third kappa shape index (κ3) is 5.70. The molecule has 4 N–H and O–H groups in total. The van der Waals surface area contributed by atoms with E-state index in [0.717, 1.165) is 24.5 Å². The zero-order valence-corrected chi connectivity index (χ0v) is 26.8. The molecule has 0 radical (unpaired) electrons. The highest BCUT2D eigenvalue weighted by atomic mass is 19.1. The minimum atomic E-state index is -1.04. The first-order valence-electron chi connectivity index (χ1n) is 15.2. The quantitative estimate of drug-likeness (QED) is 0.287. The predicted molar refractivity (Wildman–Crippen MR) is 164 cm³/mol. The number of aromatic hydroxyl groups is 1. The smallest absolute Gasteiger partial charge is 0.482 e. The van der Waals surface area contributed by atoms with E-state index in [4.69, 9.17) is 24.5 Å². The van der Waals surface area contributed by atoms with E-state index in [1.165, 1.54) is 6.07 Å². The topological polar surface area (TPSA) is 129 Å². The van der Waals surface area contributed by atoms with Crippen molar-refractivity contribution < 1.29 is 37.9 Å². The zero-order valence-electron chi connectivity index (χ0n) is 26.8. The summed E-state index contributed by atoms with van der Waals surface area (Å²) in [6.45, 7) is 13.4. The van der Waals surface area contributed by atoms with Crippen LogP contribution in [0.5, 0.6) is 11.5 Å². The number of esters is 1. The highest BCUT2D eigenvalue weighted by Gasteiger charge is 2.68. The van der Waals surface area contributed by atoms with Crippen LogP contribution in [0, 0.1) is 30.0 Å². The van der Waals surface area contributed by atoms with Crippen molar-refractivity contribution in [1.29, 1.82) is 0 Å². The summed E-state index contributed by atoms with van der Waals surface area (Å²) in [6, 6.07) is 6.76. The molecular formula is C33H44BFN2O7. The van der Waals surface area contributed by atoms with Gasteiger partial charge >= 0.3 is 13.1 Å². The number of carbonyl (C=O) groups is 2. The van der Waals surface area contributed by atoms with E-state index in [1.807, 2.05) is 13.0 Å². The number of nitrogens with two attached hydrogens (primary N) is 1. The number of aryl methyl sites for hydroxylation is 1. The van der Waals surface area contributed by atoms with Gasteiger partial charge in [-0.25, -0.2) is 9.18 Å². The number of halogens is 1. The van der Waals surface area contributed by atoms with Crippen molar-refractivity contribution in [2.45, 2.75) is 97.0 Å². The molecule has 2 aromatic rings. The lowest BCUT2D eigenvalue weighted by Crippen LogP contribution is -2.65. The number of ether oxygens (including phenoxy) is 2. The fourth-order valence-corrected chi connectivity index (χ4v) is 7.27. The Morgan fingerprint density at radius 1 is 1.20 bits per heavy atom. The average Bonchev–Trinajstić information content (AvgIpc) is 3.30. The molecule has 2 bridgehead atoms. The second-order valence-electron chi connectivity index (χ2n) is 14.3. The van der Waals surface area contributed by atoms with Gasteiger partial charge < -0.3 is 34.9 Å². The summed E-state index contributed by atoms with van der Waals surface area (Å²) in [6.07, 6.45) is 1.69. The summed E-state index contributed by atoms with van der Waals surface area (Å²) in [5.74, 6) is -2.38. The molecule has 2 aromatic carbocycles. The van der Waals surface area contributed by atoms with Crippen molar-refractivity contribution in [3.05, 3.63) is 58.4 Å². The fourth-order valence-electron chi connectivity index (χ4n) is 7.27. The number of carbonyl (C=O) groups excluding carboxylic acids is 2. The number of methoxy groups -OCH3 is 1.